The average molecular weight is 372 g/mol. The number of rotatable bonds is 3. The van der Waals surface area contributed by atoms with Crippen LogP contribution >= 0.6 is 11.3 Å². The molecule has 138 valence electrons. The lowest BCUT2D eigenvalue weighted by Gasteiger charge is -2.35. The number of thiophene rings is 1. The van der Waals surface area contributed by atoms with Crippen molar-refractivity contribution in [3.63, 3.8) is 0 Å². The van der Waals surface area contributed by atoms with Crippen molar-refractivity contribution in [3.8, 4) is 0 Å². The first kappa shape index (κ1) is 17.3. The molecule has 1 amide bonds. The third kappa shape index (κ3) is 2.74. The molecule has 0 saturated carbocycles. The van der Waals surface area contributed by atoms with Gasteiger partial charge in [0.25, 0.3) is 5.56 Å². The fourth-order valence-electron chi connectivity index (χ4n) is 4.10. The van der Waals surface area contributed by atoms with Crippen LogP contribution in [0.15, 0.2) is 16.9 Å². The average Bonchev–Trinajstić information content (AvgIpc) is 3.15. The summed E-state index contributed by atoms with van der Waals surface area (Å²) in [6.07, 6.45) is 4.22. The minimum Gasteiger partial charge on any atom is -0.338 e. The molecule has 0 radical (unpaired) electrons. The van der Waals surface area contributed by atoms with Crippen molar-refractivity contribution in [1.82, 2.24) is 19.1 Å². The van der Waals surface area contributed by atoms with Crippen molar-refractivity contribution in [2.75, 3.05) is 6.54 Å². The number of hydrogen-bond acceptors (Lipinski definition) is 4. The van der Waals surface area contributed by atoms with Gasteiger partial charge in [-0.15, -0.1) is 11.3 Å². The molecule has 0 aliphatic carbocycles. The maximum absolute atomic E-state index is 12.9. The second-order valence-electron chi connectivity index (χ2n) is 7.13. The van der Waals surface area contributed by atoms with Crippen molar-refractivity contribution >= 4 is 33.0 Å². The SMILES string of the molecule is CC[C@@H]1CCCCN1C(=O)Cn1nc(C)n2c(cc3sc(C)cc32)c1=O. The molecule has 0 N–H and O–H groups in total. The Morgan fingerprint density at radius 1 is 1.27 bits per heavy atom. The van der Waals surface area contributed by atoms with E-state index >= 15 is 0 Å². The largest absolute Gasteiger partial charge is 0.338 e. The molecule has 0 bridgehead atoms. The van der Waals surface area contributed by atoms with Crippen LogP contribution in [0.25, 0.3) is 15.7 Å². The number of amides is 1. The Morgan fingerprint density at radius 2 is 2.08 bits per heavy atom. The number of aromatic nitrogens is 3. The van der Waals surface area contributed by atoms with E-state index in [1.165, 1.54) is 16.0 Å². The molecule has 0 unspecified atom stereocenters. The van der Waals surface area contributed by atoms with Crippen LogP contribution in [0.1, 0.15) is 43.3 Å². The van der Waals surface area contributed by atoms with Crippen LogP contribution < -0.4 is 5.56 Å². The van der Waals surface area contributed by atoms with Crippen LogP contribution in [-0.2, 0) is 11.3 Å². The van der Waals surface area contributed by atoms with Gasteiger partial charge in [-0.05, 0) is 51.7 Å². The summed E-state index contributed by atoms with van der Waals surface area (Å²) in [4.78, 5) is 28.9. The monoisotopic (exact) mass is 372 g/mol. The number of fused-ring (bicyclic) bond motifs is 3. The summed E-state index contributed by atoms with van der Waals surface area (Å²) >= 11 is 1.67. The molecule has 3 aromatic rings. The summed E-state index contributed by atoms with van der Waals surface area (Å²) in [5.74, 6) is 0.727. The minimum atomic E-state index is -0.199. The van der Waals surface area contributed by atoms with Gasteiger partial charge in [0.05, 0.1) is 10.2 Å². The first-order valence-electron chi connectivity index (χ1n) is 9.28. The van der Waals surface area contributed by atoms with Crippen molar-refractivity contribution in [1.29, 1.82) is 0 Å². The van der Waals surface area contributed by atoms with Crippen LogP contribution in [0.3, 0.4) is 0 Å². The molecule has 1 saturated heterocycles. The predicted octanol–water partition coefficient (Wildman–Crippen LogP) is 3.12. The van der Waals surface area contributed by atoms with E-state index in [-0.39, 0.29) is 18.0 Å². The Balaban J connectivity index is 1.71. The van der Waals surface area contributed by atoms with Gasteiger partial charge in [-0.2, -0.15) is 5.10 Å². The first-order valence-corrected chi connectivity index (χ1v) is 10.1. The molecule has 26 heavy (non-hydrogen) atoms. The van der Waals surface area contributed by atoms with Crippen LogP contribution in [0.4, 0.5) is 0 Å². The fraction of sp³-hybridized carbons (Fsp3) is 0.526. The fourth-order valence-corrected chi connectivity index (χ4v) is 5.04. The molecule has 6 nitrogen and oxygen atoms in total. The Kier molecular flexibility index (Phi) is 4.34. The number of carbonyl (C=O) groups excluding carboxylic acids is 1. The van der Waals surface area contributed by atoms with Crippen LogP contribution in [0.5, 0.6) is 0 Å². The van der Waals surface area contributed by atoms with E-state index in [1.807, 2.05) is 22.3 Å². The smallest absolute Gasteiger partial charge is 0.291 e. The summed E-state index contributed by atoms with van der Waals surface area (Å²) in [7, 11) is 0. The summed E-state index contributed by atoms with van der Waals surface area (Å²) in [6, 6.07) is 4.29. The number of nitrogens with zero attached hydrogens (tertiary/aromatic N) is 4. The van der Waals surface area contributed by atoms with Gasteiger partial charge < -0.3 is 4.90 Å². The van der Waals surface area contributed by atoms with Crippen molar-refractivity contribution in [2.45, 2.75) is 59.0 Å². The number of hydrogen-bond donors (Lipinski definition) is 0. The van der Waals surface area contributed by atoms with E-state index in [0.29, 0.717) is 11.6 Å². The number of likely N-dealkylation sites (tertiary alicyclic amines) is 1. The zero-order valence-electron chi connectivity index (χ0n) is 15.5. The van der Waals surface area contributed by atoms with E-state index in [0.717, 1.165) is 41.8 Å². The lowest BCUT2D eigenvalue weighted by molar-refractivity contribution is -0.135. The second kappa shape index (κ2) is 6.54. The van der Waals surface area contributed by atoms with Gasteiger partial charge in [-0.25, -0.2) is 4.68 Å². The highest BCUT2D eigenvalue weighted by Gasteiger charge is 2.26. The molecule has 4 heterocycles. The Bertz CT molecular complexity index is 1050. The van der Waals surface area contributed by atoms with E-state index in [2.05, 4.69) is 25.0 Å². The number of aryl methyl sites for hydroxylation is 2. The van der Waals surface area contributed by atoms with Gasteiger partial charge in [-0.3, -0.25) is 14.0 Å². The molecule has 1 aliphatic rings. The second-order valence-corrected chi connectivity index (χ2v) is 8.41. The standard InChI is InChI=1S/C19H24N4O2S/c1-4-14-7-5-6-8-21(14)18(24)11-22-19(25)16-10-17-15(9-12(2)26-17)23(16)13(3)20-22/h9-10,14H,4-8,11H2,1-3H3/t14-/m1/s1. The van der Waals surface area contributed by atoms with E-state index in [1.54, 1.807) is 11.3 Å². The topological polar surface area (TPSA) is 59.6 Å². The molecule has 1 fully saturated rings. The predicted molar refractivity (Wildman–Crippen MR) is 104 cm³/mol. The number of piperidine rings is 1. The molecule has 1 atom stereocenters. The molecule has 4 rings (SSSR count). The highest BCUT2D eigenvalue weighted by molar-refractivity contribution is 7.19. The normalized spacial score (nSPS) is 18.1. The Hall–Kier alpha value is -2.15. The van der Waals surface area contributed by atoms with Crippen molar-refractivity contribution in [3.05, 3.63) is 33.2 Å². The highest BCUT2D eigenvalue weighted by atomic mass is 32.1. The summed E-state index contributed by atoms with van der Waals surface area (Å²) < 4.78 is 4.32. The summed E-state index contributed by atoms with van der Waals surface area (Å²) in [6.45, 7) is 6.86. The third-order valence-corrected chi connectivity index (χ3v) is 6.35. The molecular formula is C19H24N4O2S. The zero-order valence-corrected chi connectivity index (χ0v) is 16.3. The molecule has 3 aromatic heterocycles. The van der Waals surface area contributed by atoms with E-state index in [9.17, 15) is 9.59 Å². The highest BCUT2D eigenvalue weighted by Crippen LogP contribution is 2.28. The number of carbonyl (C=O) groups is 1. The van der Waals surface area contributed by atoms with E-state index in [4.69, 9.17) is 0 Å². The Labute approximate surface area is 156 Å². The maximum atomic E-state index is 12.9. The van der Waals surface area contributed by atoms with Crippen LogP contribution in [0.2, 0.25) is 0 Å². The Morgan fingerprint density at radius 3 is 2.85 bits per heavy atom. The molecule has 0 spiro atoms. The van der Waals surface area contributed by atoms with E-state index < -0.39 is 0 Å². The van der Waals surface area contributed by atoms with Crippen molar-refractivity contribution in [2.24, 2.45) is 0 Å². The third-order valence-electron chi connectivity index (χ3n) is 5.36. The van der Waals surface area contributed by atoms with Gasteiger partial charge in [0.15, 0.2) is 0 Å². The van der Waals surface area contributed by atoms with Crippen LogP contribution in [0, 0.1) is 13.8 Å². The van der Waals surface area contributed by atoms with Gasteiger partial charge in [-0.1, -0.05) is 6.92 Å². The molecule has 0 aromatic carbocycles. The maximum Gasteiger partial charge on any atom is 0.291 e. The lowest BCUT2D eigenvalue weighted by Crippen LogP contribution is -2.46. The zero-order chi connectivity index (χ0) is 18.4. The quantitative estimate of drug-likeness (QED) is 0.710. The van der Waals surface area contributed by atoms with Gasteiger partial charge in [0.1, 0.15) is 17.9 Å². The minimum absolute atomic E-state index is 0.000822. The first-order chi connectivity index (χ1) is 12.5. The summed E-state index contributed by atoms with van der Waals surface area (Å²) in [5, 5.41) is 4.44. The van der Waals surface area contributed by atoms with Crippen LogP contribution in [-0.4, -0.2) is 37.6 Å². The van der Waals surface area contributed by atoms with Gasteiger partial charge in [0, 0.05) is 17.5 Å². The molecule has 1 aliphatic heterocycles. The summed E-state index contributed by atoms with van der Waals surface area (Å²) in [5.41, 5.74) is 1.41. The van der Waals surface area contributed by atoms with Gasteiger partial charge >= 0.3 is 0 Å². The van der Waals surface area contributed by atoms with Gasteiger partial charge in [0.2, 0.25) is 5.91 Å². The lowest BCUT2D eigenvalue weighted by atomic mass is 10.00. The van der Waals surface area contributed by atoms with Crippen molar-refractivity contribution < 1.29 is 4.79 Å². The molecule has 7 heteroatoms. The molecular weight excluding hydrogens is 348 g/mol.